The lowest BCUT2D eigenvalue weighted by Gasteiger charge is -2.29. The number of thiocarbonyl (C=S) groups is 1. The van der Waals surface area contributed by atoms with Gasteiger partial charge in [0.2, 0.25) is 0 Å². The van der Waals surface area contributed by atoms with E-state index in [0.717, 1.165) is 22.8 Å². The zero-order valence-electron chi connectivity index (χ0n) is 18.2. The number of anilines is 1. The van der Waals surface area contributed by atoms with E-state index in [9.17, 15) is 5.11 Å². The van der Waals surface area contributed by atoms with E-state index in [1.807, 2.05) is 36.5 Å². The van der Waals surface area contributed by atoms with E-state index in [0.29, 0.717) is 5.11 Å². The minimum absolute atomic E-state index is 0.142. The Balaban J connectivity index is 1.51. The molecule has 3 heterocycles. The monoisotopic (exact) mass is 462 g/mol. The molecule has 0 aliphatic carbocycles. The first kappa shape index (κ1) is 20.4. The van der Waals surface area contributed by atoms with Gasteiger partial charge in [-0.2, -0.15) is 0 Å². The second kappa shape index (κ2) is 8.32. The number of phenolic OH excluding ortho intramolecular Hbond substituents is 1. The molecule has 0 amide bonds. The number of aromatic hydroxyl groups is 1. The van der Waals surface area contributed by atoms with Crippen LogP contribution < -0.4 is 10.2 Å². The molecule has 1 fully saturated rings. The maximum Gasteiger partial charge on any atom is 0.174 e. The summed E-state index contributed by atoms with van der Waals surface area (Å²) in [6, 6.07) is 31.9. The van der Waals surface area contributed by atoms with Crippen LogP contribution >= 0.6 is 12.2 Å². The van der Waals surface area contributed by atoms with E-state index in [2.05, 4.69) is 80.6 Å². The Labute approximate surface area is 202 Å². The molecule has 2 unspecified atom stereocenters. The summed E-state index contributed by atoms with van der Waals surface area (Å²) in [7, 11) is 0. The number of hydrogen-bond acceptors (Lipinski definition) is 3. The molecule has 1 saturated heterocycles. The van der Waals surface area contributed by atoms with Crippen molar-refractivity contribution in [2.75, 3.05) is 4.90 Å². The number of pyridine rings is 1. The molecule has 0 bridgehead atoms. The van der Waals surface area contributed by atoms with Crippen LogP contribution in [0.4, 0.5) is 5.69 Å². The van der Waals surface area contributed by atoms with Crippen molar-refractivity contribution in [3.05, 3.63) is 121 Å². The quantitative estimate of drug-likeness (QED) is 0.325. The van der Waals surface area contributed by atoms with Gasteiger partial charge in [0.05, 0.1) is 11.7 Å². The minimum Gasteiger partial charge on any atom is -0.508 e. The van der Waals surface area contributed by atoms with Crippen LogP contribution in [0.1, 0.15) is 23.5 Å². The van der Waals surface area contributed by atoms with Crippen molar-refractivity contribution in [1.82, 2.24) is 14.9 Å². The highest BCUT2D eigenvalue weighted by atomic mass is 32.1. The molecular formula is C28H22N4OS. The Morgan fingerprint density at radius 1 is 0.794 bits per heavy atom. The molecule has 0 saturated carbocycles. The number of aromatic nitrogens is 2. The smallest absolute Gasteiger partial charge is 0.174 e. The molecule has 2 aromatic heterocycles. The third-order valence-corrected chi connectivity index (χ3v) is 6.64. The van der Waals surface area contributed by atoms with Crippen LogP contribution in [-0.2, 0) is 0 Å². The van der Waals surface area contributed by atoms with Gasteiger partial charge in [-0.1, -0.05) is 36.4 Å². The third-order valence-electron chi connectivity index (χ3n) is 6.32. The van der Waals surface area contributed by atoms with Crippen LogP contribution in [0.15, 0.2) is 109 Å². The summed E-state index contributed by atoms with van der Waals surface area (Å²) < 4.78 is 2.22. The van der Waals surface area contributed by atoms with E-state index >= 15 is 0 Å². The lowest BCUT2D eigenvalue weighted by atomic mass is 10.0. The third kappa shape index (κ3) is 3.49. The fourth-order valence-corrected chi connectivity index (χ4v) is 5.09. The number of benzene rings is 3. The summed E-state index contributed by atoms with van der Waals surface area (Å²) >= 11 is 5.82. The highest BCUT2D eigenvalue weighted by Crippen LogP contribution is 2.42. The zero-order valence-corrected chi connectivity index (χ0v) is 19.1. The summed E-state index contributed by atoms with van der Waals surface area (Å²) in [5, 5.41) is 16.4. The van der Waals surface area contributed by atoms with Crippen LogP contribution in [0.5, 0.6) is 5.75 Å². The molecule has 166 valence electrons. The number of nitrogens with zero attached hydrogens (tertiary/aromatic N) is 3. The SMILES string of the molecule is Oc1ccc(N2C(=S)NC(c3ccccn3)C2c2cccn2-c2ccc3ccccc3c2)cc1. The van der Waals surface area contributed by atoms with Crippen LogP contribution in [0.3, 0.4) is 0 Å². The van der Waals surface area contributed by atoms with Crippen molar-refractivity contribution in [2.24, 2.45) is 0 Å². The molecule has 5 aromatic rings. The van der Waals surface area contributed by atoms with Crippen molar-refractivity contribution in [3.8, 4) is 11.4 Å². The molecule has 2 atom stereocenters. The van der Waals surface area contributed by atoms with E-state index in [1.165, 1.54) is 10.8 Å². The predicted molar refractivity (Wildman–Crippen MR) is 139 cm³/mol. The highest BCUT2D eigenvalue weighted by Gasteiger charge is 2.42. The molecule has 1 aliphatic rings. The fourth-order valence-electron chi connectivity index (χ4n) is 4.74. The normalized spacial score (nSPS) is 17.8. The van der Waals surface area contributed by atoms with Gasteiger partial charge in [-0.15, -0.1) is 0 Å². The maximum atomic E-state index is 9.84. The zero-order chi connectivity index (χ0) is 23.1. The summed E-state index contributed by atoms with van der Waals surface area (Å²) in [4.78, 5) is 6.75. The molecule has 0 spiro atoms. The van der Waals surface area contributed by atoms with Gasteiger partial charge in [0.1, 0.15) is 11.8 Å². The van der Waals surface area contributed by atoms with E-state index < -0.39 is 0 Å². The Morgan fingerprint density at radius 3 is 2.35 bits per heavy atom. The van der Waals surface area contributed by atoms with Gasteiger partial charge in [-0.25, -0.2) is 0 Å². The molecule has 5 nitrogen and oxygen atoms in total. The first-order valence-corrected chi connectivity index (χ1v) is 11.6. The molecule has 2 N–H and O–H groups in total. The van der Waals surface area contributed by atoms with Crippen molar-refractivity contribution in [3.63, 3.8) is 0 Å². The van der Waals surface area contributed by atoms with Gasteiger partial charge in [0.15, 0.2) is 5.11 Å². The van der Waals surface area contributed by atoms with Crippen molar-refractivity contribution in [1.29, 1.82) is 0 Å². The minimum atomic E-state index is -0.145. The van der Waals surface area contributed by atoms with Gasteiger partial charge in [-0.3, -0.25) is 4.98 Å². The molecule has 3 aromatic carbocycles. The number of hydrogen-bond donors (Lipinski definition) is 2. The second-order valence-corrected chi connectivity index (χ2v) is 8.73. The topological polar surface area (TPSA) is 53.3 Å². The van der Waals surface area contributed by atoms with Crippen molar-refractivity contribution < 1.29 is 5.11 Å². The number of nitrogens with one attached hydrogen (secondary N) is 1. The van der Waals surface area contributed by atoms with Gasteiger partial charge in [0, 0.05) is 29.5 Å². The van der Waals surface area contributed by atoms with Gasteiger partial charge in [-0.05, 0) is 83.7 Å². The Bertz CT molecular complexity index is 1480. The second-order valence-electron chi connectivity index (χ2n) is 8.35. The lowest BCUT2D eigenvalue weighted by molar-refractivity contribution is 0.475. The van der Waals surface area contributed by atoms with Crippen LogP contribution in [0.2, 0.25) is 0 Å². The summed E-state index contributed by atoms with van der Waals surface area (Å²) in [5.41, 5.74) is 4.00. The highest BCUT2D eigenvalue weighted by molar-refractivity contribution is 7.80. The molecule has 1 aliphatic heterocycles. The molecule has 0 radical (unpaired) electrons. The molecule has 34 heavy (non-hydrogen) atoms. The number of fused-ring (bicyclic) bond motifs is 1. The van der Waals surface area contributed by atoms with Crippen LogP contribution in [-0.4, -0.2) is 19.8 Å². The summed E-state index contributed by atoms with van der Waals surface area (Å²) in [6.45, 7) is 0. The number of phenols is 1. The van der Waals surface area contributed by atoms with E-state index in [4.69, 9.17) is 12.2 Å². The van der Waals surface area contributed by atoms with E-state index in [-0.39, 0.29) is 17.8 Å². The maximum absolute atomic E-state index is 9.84. The molecule has 6 heteroatoms. The summed E-state index contributed by atoms with van der Waals surface area (Å²) in [5.74, 6) is 0.221. The van der Waals surface area contributed by atoms with Gasteiger partial charge < -0.3 is 19.9 Å². The van der Waals surface area contributed by atoms with Gasteiger partial charge in [0.25, 0.3) is 0 Å². The Kier molecular flexibility index (Phi) is 5.00. The van der Waals surface area contributed by atoms with Crippen LogP contribution in [0, 0.1) is 0 Å². The molecular weight excluding hydrogens is 440 g/mol. The first-order chi connectivity index (χ1) is 16.7. The number of rotatable bonds is 4. The largest absolute Gasteiger partial charge is 0.508 e. The predicted octanol–water partition coefficient (Wildman–Crippen LogP) is 5.91. The summed E-state index contributed by atoms with van der Waals surface area (Å²) in [6.07, 6.45) is 3.90. The lowest BCUT2D eigenvalue weighted by Crippen LogP contribution is -2.30. The Hall–Kier alpha value is -4.16. The van der Waals surface area contributed by atoms with Gasteiger partial charge >= 0.3 is 0 Å². The average Bonchev–Trinajstić information content (AvgIpc) is 3.49. The van der Waals surface area contributed by atoms with Crippen LogP contribution in [0.25, 0.3) is 16.5 Å². The first-order valence-electron chi connectivity index (χ1n) is 11.2. The average molecular weight is 463 g/mol. The van der Waals surface area contributed by atoms with Crippen molar-refractivity contribution >= 4 is 33.8 Å². The standard InChI is InChI=1S/C28H22N4OS/c33-23-14-12-21(13-15-23)32-27(26(30-28(32)34)24-8-3-4-16-29-24)25-9-5-17-31(25)22-11-10-19-6-1-2-7-20(19)18-22/h1-18,26-27,33H,(H,30,34). The van der Waals surface area contributed by atoms with E-state index in [1.54, 1.807) is 12.1 Å². The fraction of sp³-hybridized carbons (Fsp3) is 0.0714. The van der Waals surface area contributed by atoms with Crippen molar-refractivity contribution in [2.45, 2.75) is 12.1 Å². The Morgan fingerprint density at radius 2 is 1.56 bits per heavy atom. The molecule has 6 rings (SSSR count).